The minimum atomic E-state index is -1.26. The molecule has 3 N–H and O–H groups in total. The quantitative estimate of drug-likeness (QED) is 0.306. The Morgan fingerprint density at radius 3 is 1.97 bits per heavy atom. The van der Waals surface area contributed by atoms with Crippen LogP contribution in [0.25, 0.3) is 0 Å². The van der Waals surface area contributed by atoms with E-state index in [-0.39, 0.29) is 30.3 Å². The number of carbonyl (C=O) groups excluding carboxylic acids is 7. The molecule has 61 heavy (non-hydrogen) atoms. The van der Waals surface area contributed by atoms with Crippen LogP contribution in [0, 0.1) is 23.7 Å². The van der Waals surface area contributed by atoms with Crippen LogP contribution in [0.15, 0.2) is 42.0 Å². The van der Waals surface area contributed by atoms with Gasteiger partial charge in [-0.1, -0.05) is 97.7 Å². The largest absolute Gasteiger partial charge is 0.460 e. The number of amides is 5. The van der Waals surface area contributed by atoms with Crippen LogP contribution < -0.4 is 10.6 Å². The van der Waals surface area contributed by atoms with Gasteiger partial charge in [0.15, 0.2) is 6.10 Å². The number of hydrogen-bond acceptors (Lipinski definition) is 10. The van der Waals surface area contributed by atoms with E-state index in [4.69, 9.17) is 9.47 Å². The van der Waals surface area contributed by atoms with E-state index in [1.54, 1.807) is 32.9 Å². The highest BCUT2D eigenvalue weighted by molar-refractivity contribution is 5.96. The van der Waals surface area contributed by atoms with Crippen molar-refractivity contribution in [3.63, 3.8) is 0 Å². The summed E-state index contributed by atoms with van der Waals surface area (Å²) in [7, 11) is 4.34. The summed E-state index contributed by atoms with van der Waals surface area (Å²) in [6.07, 6.45) is 1.00. The van der Waals surface area contributed by atoms with Crippen molar-refractivity contribution in [2.45, 2.75) is 150 Å². The first-order valence-corrected chi connectivity index (χ1v) is 21.8. The van der Waals surface area contributed by atoms with Crippen LogP contribution in [0.3, 0.4) is 0 Å². The Kier molecular flexibility index (Phi) is 21.1. The van der Waals surface area contributed by atoms with Gasteiger partial charge < -0.3 is 39.9 Å². The molecule has 1 aromatic rings. The Balaban J connectivity index is 2.67. The van der Waals surface area contributed by atoms with Gasteiger partial charge in [-0.15, -0.1) is 0 Å². The molecule has 0 saturated carbocycles. The Hall–Kier alpha value is -4.79. The first-order valence-electron chi connectivity index (χ1n) is 21.8. The number of hydrogen-bond donors (Lipinski definition) is 3. The van der Waals surface area contributed by atoms with E-state index in [0.29, 0.717) is 19.3 Å². The van der Waals surface area contributed by atoms with E-state index in [2.05, 4.69) is 10.6 Å². The van der Waals surface area contributed by atoms with Gasteiger partial charge >= 0.3 is 11.9 Å². The molecule has 15 heteroatoms. The van der Waals surface area contributed by atoms with Crippen molar-refractivity contribution in [2.24, 2.45) is 23.7 Å². The summed E-state index contributed by atoms with van der Waals surface area (Å²) in [5, 5.41) is 16.9. The third-order valence-corrected chi connectivity index (χ3v) is 12.2. The average molecular weight is 856 g/mol. The predicted octanol–water partition coefficient (Wildman–Crippen LogP) is 4.05. The van der Waals surface area contributed by atoms with Crippen LogP contribution in [0.4, 0.5) is 0 Å². The van der Waals surface area contributed by atoms with Crippen molar-refractivity contribution in [3.8, 4) is 0 Å². The van der Waals surface area contributed by atoms with Crippen LogP contribution in [0.1, 0.15) is 107 Å². The fourth-order valence-corrected chi connectivity index (χ4v) is 7.32. The minimum absolute atomic E-state index is 0.00927. The fourth-order valence-electron chi connectivity index (χ4n) is 7.32. The van der Waals surface area contributed by atoms with Gasteiger partial charge in [0, 0.05) is 45.0 Å². The topological polar surface area (TPSA) is 192 Å². The molecule has 0 spiro atoms. The fraction of sp³-hybridized carbons (Fsp3) is 0.674. The zero-order chi connectivity index (χ0) is 46.3. The molecule has 342 valence electrons. The Bertz CT molecular complexity index is 1690. The number of likely N-dealkylation sites (N-methyl/N-ethyl adjacent to an activating group) is 3. The molecular weight excluding hydrogens is 783 g/mol. The summed E-state index contributed by atoms with van der Waals surface area (Å²) in [4.78, 5) is 101. The van der Waals surface area contributed by atoms with Crippen LogP contribution in [0.2, 0.25) is 0 Å². The van der Waals surface area contributed by atoms with Gasteiger partial charge in [0.1, 0.15) is 30.3 Å². The molecule has 1 aliphatic heterocycles. The van der Waals surface area contributed by atoms with E-state index in [0.717, 1.165) is 12.0 Å². The lowest BCUT2D eigenvalue weighted by Crippen LogP contribution is -2.58. The highest BCUT2D eigenvalue weighted by atomic mass is 16.6. The number of aliphatic hydroxyl groups excluding tert-OH is 1. The third-order valence-electron chi connectivity index (χ3n) is 12.2. The number of esters is 2. The monoisotopic (exact) mass is 856 g/mol. The molecule has 1 heterocycles. The lowest BCUT2D eigenvalue weighted by molar-refractivity contribution is -0.166. The van der Waals surface area contributed by atoms with Crippen molar-refractivity contribution < 1.29 is 48.1 Å². The number of rotatable bonds is 9. The summed E-state index contributed by atoms with van der Waals surface area (Å²) in [5.74, 6) is -6.03. The molecule has 11 atom stereocenters. The van der Waals surface area contributed by atoms with E-state index < -0.39 is 102 Å². The second-order valence-electron chi connectivity index (χ2n) is 17.1. The van der Waals surface area contributed by atoms with E-state index in [9.17, 15) is 38.7 Å². The molecule has 0 radical (unpaired) electrons. The van der Waals surface area contributed by atoms with Crippen molar-refractivity contribution in [3.05, 3.63) is 47.5 Å². The van der Waals surface area contributed by atoms with Crippen LogP contribution in [0.5, 0.6) is 0 Å². The molecule has 0 bridgehead atoms. The van der Waals surface area contributed by atoms with Gasteiger partial charge in [-0.05, 0) is 57.4 Å². The maximum Gasteiger partial charge on any atom is 0.334 e. The van der Waals surface area contributed by atoms with Gasteiger partial charge in [0.25, 0.3) is 5.91 Å². The van der Waals surface area contributed by atoms with Gasteiger partial charge in [-0.2, -0.15) is 0 Å². The summed E-state index contributed by atoms with van der Waals surface area (Å²) >= 11 is 0. The van der Waals surface area contributed by atoms with E-state index >= 15 is 0 Å². The second-order valence-corrected chi connectivity index (χ2v) is 17.1. The maximum absolute atomic E-state index is 14.2. The highest BCUT2D eigenvalue weighted by Crippen LogP contribution is 2.27. The Morgan fingerprint density at radius 1 is 0.787 bits per heavy atom. The predicted molar refractivity (Wildman–Crippen MR) is 232 cm³/mol. The first kappa shape index (κ1) is 52.3. The summed E-state index contributed by atoms with van der Waals surface area (Å²) in [6, 6.07) is 4.67. The van der Waals surface area contributed by atoms with Crippen LogP contribution in [-0.4, -0.2) is 131 Å². The number of aliphatic hydroxyl groups is 1. The smallest absolute Gasteiger partial charge is 0.334 e. The molecule has 0 saturated heterocycles. The Morgan fingerprint density at radius 2 is 1.39 bits per heavy atom. The minimum Gasteiger partial charge on any atom is -0.460 e. The molecule has 1 aromatic carbocycles. The molecule has 2 rings (SSSR count). The van der Waals surface area contributed by atoms with Crippen LogP contribution >= 0.6 is 0 Å². The van der Waals surface area contributed by atoms with Crippen LogP contribution in [-0.2, 0) is 49.5 Å². The molecule has 0 fully saturated rings. The number of nitrogens with one attached hydrogen (secondary N) is 2. The summed E-state index contributed by atoms with van der Waals surface area (Å²) in [6.45, 7) is 17.0. The van der Waals surface area contributed by atoms with Crippen molar-refractivity contribution in [1.82, 2.24) is 25.3 Å². The molecule has 0 aliphatic carbocycles. The summed E-state index contributed by atoms with van der Waals surface area (Å²) < 4.78 is 11.8. The number of cyclic esters (lactones) is 2. The van der Waals surface area contributed by atoms with Gasteiger partial charge in [0.05, 0.1) is 12.6 Å². The number of ether oxygens (including phenoxy) is 2. The third kappa shape index (κ3) is 14.7. The second kappa shape index (κ2) is 24.6. The molecular formula is C46H73N5O10. The lowest BCUT2D eigenvalue weighted by Gasteiger charge is -2.35. The maximum atomic E-state index is 14.2. The SMILES string of the molecule is CCC[C@H](C)[C@H]1OC(=O)[C@@H](C)N(C)C(=O)[C@H]([C@@H](C)CC)NC(=O)CN(C)C(=O)[C@@H](Cc2ccccc2)N(C)C(=O)[C@H](C)NC(=O)[C@@H]([C@@H](C)CC)OC(=O)/C(C)=C/C[C@H](O)[C@@H]1C. The van der Waals surface area contributed by atoms with E-state index in [1.165, 1.54) is 62.7 Å². The number of benzene rings is 1. The van der Waals surface area contributed by atoms with Gasteiger partial charge in [0.2, 0.25) is 23.6 Å². The standard InChI is InChI=1S/C46H73N5O10/c1-14-20-29(6)39-31(8)36(52)24-23-30(7)45(58)61-40(28(5)16-3)41(54)47-32(9)42(55)51(13)35(25-34-21-18-17-19-22-34)43(56)49(11)26-37(53)48-38(27(4)15-2)44(57)50(12)33(10)46(59)60-39/h17-19,21-23,27-29,31-33,35-36,38-40,52H,14-16,20,24-26H2,1-13H3,(H,47,54)(H,48,53)/b30-23+/t27-,28-,29-,31-,32-,33+,35+,36-,38-,39+,40+/m0/s1. The van der Waals surface area contributed by atoms with Gasteiger partial charge in [-0.3, -0.25) is 24.0 Å². The number of carbonyl (C=O) groups is 7. The number of nitrogens with zero attached hydrogens (tertiary/aromatic N) is 3. The average Bonchev–Trinajstić information content (AvgIpc) is 3.24. The molecule has 5 amide bonds. The zero-order valence-electron chi connectivity index (χ0n) is 38.7. The Labute approximate surface area is 363 Å². The van der Waals surface area contributed by atoms with Crippen molar-refractivity contribution >= 4 is 41.5 Å². The highest BCUT2D eigenvalue weighted by Gasteiger charge is 2.39. The molecule has 0 aromatic heterocycles. The van der Waals surface area contributed by atoms with Crippen molar-refractivity contribution in [2.75, 3.05) is 27.7 Å². The normalized spacial score (nSPS) is 29.1. The first-order chi connectivity index (χ1) is 28.6. The molecule has 15 nitrogen and oxygen atoms in total. The van der Waals surface area contributed by atoms with E-state index in [1.807, 2.05) is 45.9 Å². The molecule has 0 unspecified atom stereocenters. The lowest BCUT2D eigenvalue weighted by atomic mass is 9.85. The summed E-state index contributed by atoms with van der Waals surface area (Å²) in [5.41, 5.74) is 0.893. The van der Waals surface area contributed by atoms with Crippen molar-refractivity contribution in [1.29, 1.82) is 0 Å². The van der Waals surface area contributed by atoms with Gasteiger partial charge in [-0.25, -0.2) is 9.59 Å². The zero-order valence-corrected chi connectivity index (χ0v) is 38.7. The molecule has 1 aliphatic rings.